The molecule has 8 heteroatoms. The minimum atomic E-state index is -0.411. The third kappa shape index (κ3) is 2.72. The van der Waals surface area contributed by atoms with Gasteiger partial charge in [0.25, 0.3) is 0 Å². The number of carbonyl (C=O) groups excluding carboxylic acids is 2. The van der Waals surface area contributed by atoms with Gasteiger partial charge in [-0.3, -0.25) is 14.3 Å². The Labute approximate surface area is 127 Å². The van der Waals surface area contributed by atoms with Crippen LogP contribution >= 0.6 is 0 Å². The summed E-state index contributed by atoms with van der Waals surface area (Å²) in [6.07, 6.45) is 5.02. The van der Waals surface area contributed by atoms with Crippen LogP contribution in [-0.2, 0) is 9.59 Å². The number of amides is 2. The fourth-order valence-electron chi connectivity index (χ4n) is 2.39. The van der Waals surface area contributed by atoms with Crippen LogP contribution in [0.4, 0.5) is 11.5 Å². The molecule has 8 nitrogen and oxygen atoms in total. The van der Waals surface area contributed by atoms with Gasteiger partial charge in [-0.2, -0.15) is 5.10 Å². The number of rotatable bonds is 4. The molecule has 0 radical (unpaired) electrons. The first kappa shape index (κ1) is 14.3. The van der Waals surface area contributed by atoms with Gasteiger partial charge < -0.3 is 14.7 Å². The predicted octanol–water partition coefficient (Wildman–Crippen LogP) is 1.44. The molecule has 116 valence electrons. The smallest absolute Gasteiger partial charge is 0.231 e. The van der Waals surface area contributed by atoms with Crippen LogP contribution in [0.25, 0.3) is 0 Å². The van der Waals surface area contributed by atoms with Gasteiger partial charge >= 0.3 is 0 Å². The zero-order valence-corrected chi connectivity index (χ0v) is 12.4. The normalized spacial score (nSPS) is 18.2. The summed E-state index contributed by atoms with van der Waals surface area (Å²) in [5, 5.41) is 10.5. The molecular weight excluding hydrogens is 286 g/mol. The van der Waals surface area contributed by atoms with Crippen LogP contribution in [0.2, 0.25) is 0 Å². The Morgan fingerprint density at radius 2 is 2.32 bits per heavy atom. The van der Waals surface area contributed by atoms with Crippen molar-refractivity contribution in [2.24, 2.45) is 5.92 Å². The van der Waals surface area contributed by atoms with Gasteiger partial charge in [-0.05, 0) is 13.8 Å². The summed E-state index contributed by atoms with van der Waals surface area (Å²) in [7, 11) is 0. The van der Waals surface area contributed by atoms with E-state index in [4.69, 9.17) is 0 Å². The lowest BCUT2D eigenvalue weighted by molar-refractivity contribution is -0.122. The predicted molar refractivity (Wildman–Crippen MR) is 78.2 cm³/mol. The maximum Gasteiger partial charge on any atom is 0.231 e. The molecule has 1 aliphatic rings. The zero-order chi connectivity index (χ0) is 15.7. The van der Waals surface area contributed by atoms with Gasteiger partial charge in [0.2, 0.25) is 11.8 Å². The highest BCUT2D eigenvalue weighted by Crippen LogP contribution is 2.26. The van der Waals surface area contributed by atoms with E-state index in [2.05, 4.69) is 20.1 Å². The van der Waals surface area contributed by atoms with E-state index >= 15 is 0 Å². The van der Waals surface area contributed by atoms with Crippen LogP contribution in [0.5, 0.6) is 0 Å². The molecule has 0 unspecified atom stereocenters. The molecule has 1 aliphatic heterocycles. The maximum atomic E-state index is 12.2. The number of nitrogens with zero attached hydrogens (tertiary/aromatic N) is 4. The quantitative estimate of drug-likeness (QED) is 0.922. The Bertz CT molecular complexity index is 676. The molecule has 3 heterocycles. The van der Waals surface area contributed by atoms with Crippen molar-refractivity contribution >= 4 is 23.3 Å². The molecule has 1 atom stereocenters. The molecular formula is C14H17N5O3. The Hall–Kier alpha value is -2.64. The largest absolute Gasteiger partial charge is 0.363 e. The topological polar surface area (TPSA) is 93.3 Å². The van der Waals surface area contributed by atoms with E-state index in [1.807, 2.05) is 20.0 Å². The second kappa shape index (κ2) is 5.63. The van der Waals surface area contributed by atoms with Crippen LogP contribution in [0.3, 0.4) is 0 Å². The van der Waals surface area contributed by atoms with Crippen LogP contribution in [-0.4, -0.2) is 33.3 Å². The fourth-order valence-corrected chi connectivity index (χ4v) is 2.39. The standard InChI is InChI=1S/C14H17N5O3/c1-9(2)19-8-11(6-15-19)18-7-10(5-13(18)20)14(21)16-12-3-4-22-17-12/h3-4,6,8-10H,5,7H2,1-2H3,(H,16,17,21)/t10-/m1/s1. The molecule has 0 bridgehead atoms. The van der Waals surface area contributed by atoms with Crippen LogP contribution in [0.15, 0.2) is 29.2 Å². The van der Waals surface area contributed by atoms with Gasteiger partial charge in [0.1, 0.15) is 6.26 Å². The number of carbonyl (C=O) groups is 2. The molecule has 0 spiro atoms. The maximum absolute atomic E-state index is 12.2. The number of nitrogens with one attached hydrogen (secondary N) is 1. The average molecular weight is 303 g/mol. The summed E-state index contributed by atoms with van der Waals surface area (Å²) in [6.45, 7) is 4.36. The van der Waals surface area contributed by atoms with Gasteiger partial charge in [0.05, 0.1) is 17.8 Å². The third-order valence-electron chi connectivity index (χ3n) is 3.61. The van der Waals surface area contributed by atoms with Crippen molar-refractivity contribution in [3.63, 3.8) is 0 Å². The number of hydrogen-bond acceptors (Lipinski definition) is 5. The van der Waals surface area contributed by atoms with Gasteiger partial charge in [-0.25, -0.2) is 0 Å². The monoisotopic (exact) mass is 303 g/mol. The van der Waals surface area contributed by atoms with Crippen LogP contribution in [0, 0.1) is 5.92 Å². The minimum Gasteiger partial charge on any atom is -0.363 e. The fraction of sp³-hybridized carbons (Fsp3) is 0.429. The van der Waals surface area contributed by atoms with Crippen molar-refractivity contribution in [2.75, 3.05) is 16.8 Å². The first-order chi connectivity index (χ1) is 10.5. The van der Waals surface area contributed by atoms with E-state index < -0.39 is 5.92 Å². The second-order valence-corrected chi connectivity index (χ2v) is 5.55. The van der Waals surface area contributed by atoms with Crippen molar-refractivity contribution < 1.29 is 14.1 Å². The Morgan fingerprint density at radius 1 is 1.50 bits per heavy atom. The highest BCUT2D eigenvalue weighted by Gasteiger charge is 2.36. The molecule has 0 saturated carbocycles. The molecule has 0 aromatic carbocycles. The Balaban J connectivity index is 1.68. The van der Waals surface area contributed by atoms with E-state index in [0.29, 0.717) is 12.4 Å². The lowest BCUT2D eigenvalue weighted by Crippen LogP contribution is -2.28. The molecule has 3 rings (SSSR count). The van der Waals surface area contributed by atoms with Crippen molar-refractivity contribution in [2.45, 2.75) is 26.3 Å². The van der Waals surface area contributed by atoms with Gasteiger partial charge in [-0.15, -0.1) is 0 Å². The highest BCUT2D eigenvalue weighted by molar-refractivity contribution is 6.03. The summed E-state index contributed by atoms with van der Waals surface area (Å²) in [6, 6.07) is 1.77. The summed E-state index contributed by atoms with van der Waals surface area (Å²) >= 11 is 0. The van der Waals surface area contributed by atoms with Crippen molar-refractivity contribution in [1.29, 1.82) is 0 Å². The SMILES string of the molecule is CC(C)n1cc(N2C[C@H](C(=O)Nc3ccon3)CC2=O)cn1. The Morgan fingerprint density at radius 3 is 2.95 bits per heavy atom. The molecule has 2 amide bonds. The average Bonchev–Trinajstić information content (AvgIpc) is 3.17. The van der Waals surface area contributed by atoms with E-state index in [-0.39, 0.29) is 24.3 Å². The summed E-state index contributed by atoms with van der Waals surface area (Å²) in [4.78, 5) is 25.9. The first-order valence-corrected chi connectivity index (χ1v) is 7.10. The number of anilines is 2. The molecule has 0 aliphatic carbocycles. The molecule has 1 saturated heterocycles. The van der Waals surface area contributed by atoms with Crippen molar-refractivity contribution in [3.8, 4) is 0 Å². The van der Waals surface area contributed by atoms with E-state index in [1.165, 1.54) is 6.26 Å². The summed E-state index contributed by atoms with van der Waals surface area (Å²) in [5.74, 6) is -0.375. The summed E-state index contributed by atoms with van der Waals surface area (Å²) < 4.78 is 6.44. The molecule has 2 aromatic heterocycles. The van der Waals surface area contributed by atoms with Gasteiger partial charge in [0.15, 0.2) is 5.82 Å². The highest BCUT2D eigenvalue weighted by atomic mass is 16.5. The first-order valence-electron chi connectivity index (χ1n) is 7.10. The van der Waals surface area contributed by atoms with E-state index in [9.17, 15) is 9.59 Å². The zero-order valence-electron chi connectivity index (χ0n) is 12.4. The second-order valence-electron chi connectivity index (χ2n) is 5.55. The lowest BCUT2D eigenvalue weighted by Gasteiger charge is -2.14. The van der Waals surface area contributed by atoms with Crippen LogP contribution < -0.4 is 10.2 Å². The lowest BCUT2D eigenvalue weighted by atomic mass is 10.1. The van der Waals surface area contributed by atoms with E-state index in [1.54, 1.807) is 21.8 Å². The molecule has 22 heavy (non-hydrogen) atoms. The number of aromatic nitrogens is 3. The number of hydrogen-bond donors (Lipinski definition) is 1. The minimum absolute atomic E-state index is 0.0800. The molecule has 2 aromatic rings. The van der Waals surface area contributed by atoms with Crippen molar-refractivity contribution in [3.05, 3.63) is 24.7 Å². The van der Waals surface area contributed by atoms with Crippen molar-refractivity contribution in [1.82, 2.24) is 14.9 Å². The molecule has 1 fully saturated rings. The molecule has 1 N–H and O–H groups in total. The van der Waals surface area contributed by atoms with Gasteiger partial charge in [-0.1, -0.05) is 5.16 Å². The Kier molecular flexibility index (Phi) is 3.66. The van der Waals surface area contributed by atoms with Crippen LogP contribution in [0.1, 0.15) is 26.3 Å². The third-order valence-corrected chi connectivity index (χ3v) is 3.61. The van der Waals surface area contributed by atoms with Gasteiger partial charge in [0, 0.05) is 31.3 Å². The van der Waals surface area contributed by atoms with E-state index in [0.717, 1.165) is 5.69 Å². The summed E-state index contributed by atoms with van der Waals surface area (Å²) in [5.41, 5.74) is 0.718.